The van der Waals surface area contributed by atoms with E-state index >= 15 is 0 Å². The van der Waals surface area contributed by atoms with Gasteiger partial charge in [-0.1, -0.05) is 30.3 Å². The molecule has 0 aliphatic heterocycles. The predicted molar refractivity (Wildman–Crippen MR) is 94.3 cm³/mol. The molecule has 0 aliphatic carbocycles. The standard InChI is InChI=1S/C15H14N4O5S2/c1-25(21,22)12-8-4-5-9-13(12)26(23,24)18-19-11-7-3-2-6-10(11)14(17-19)15(16)20/h2-9,18H,1H3,(H2,16,20). The molecule has 2 aromatic carbocycles. The highest BCUT2D eigenvalue weighted by atomic mass is 32.2. The molecule has 0 aliphatic rings. The van der Waals surface area contributed by atoms with Gasteiger partial charge in [-0.2, -0.15) is 18.0 Å². The summed E-state index contributed by atoms with van der Waals surface area (Å²) in [4.78, 5) is 13.8. The second kappa shape index (κ2) is 6.11. The van der Waals surface area contributed by atoms with Crippen LogP contribution in [-0.4, -0.2) is 38.9 Å². The van der Waals surface area contributed by atoms with Crippen molar-refractivity contribution in [2.45, 2.75) is 9.79 Å². The smallest absolute Gasteiger partial charge is 0.277 e. The second-order valence-corrected chi connectivity index (χ2v) is 9.07. The Morgan fingerprint density at radius 3 is 2.19 bits per heavy atom. The average molecular weight is 394 g/mol. The largest absolute Gasteiger partial charge is 0.364 e. The highest BCUT2D eigenvalue weighted by molar-refractivity contribution is 7.94. The molecule has 0 radical (unpaired) electrons. The highest BCUT2D eigenvalue weighted by Crippen LogP contribution is 2.22. The Bertz CT molecular complexity index is 1230. The maximum atomic E-state index is 12.7. The van der Waals surface area contributed by atoms with E-state index in [0.29, 0.717) is 10.9 Å². The Kier molecular flexibility index (Phi) is 4.20. The lowest BCUT2D eigenvalue weighted by Gasteiger charge is -2.11. The fourth-order valence-electron chi connectivity index (χ4n) is 2.46. The van der Waals surface area contributed by atoms with Crippen LogP contribution in [0.2, 0.25) is 0 Å². The van der Waals surface area contributed by atoms with Gasteiger partial charge in [0.1, 0.15) is 4.90 Å². The molecular formula is C15H14N4O5S2. The van der Waals surface area contributed by atoms with E-state index in [1.165, 1.54) is 24.3 Å². The molecule has 9 nitrogen and oxygen atoms in total. The van der Waals surface area contributed by atoms with Crippen molar-refractivity contribution in [1.29, 1.82) is 0 Å². The monoisotopic (exact) mass is 394 g/mol. The molecule has 3 N–H and O–H groups in total. The minimum Gasteiger partial charge on any atom is -0.364 e. The number of nitrogens with two attached hydrogens (primary N) is 1. The zero-order chi connectivity index (χ0) is 19.1. The van der Waals surface area contributed by atoms with Crippen molar-refractivity contribution in [2.75, 3.05) is 11.1 Å². The molecule has 0 atom stereocenters. The maximum Gasteiger partial charge on any atom is 0.277 e. The number of sulfonamides is 1. The fraction of sp³-hybridized carbons (Fsp3) is 0.0667. The minimum absolute atomic E-state index is 0.111. The number of rotatable bonds is 5. The number of hydrogen-bond donors (Lipinski definition) is 2. The number of carbonyl (C=O) groups excluding carboxylic acids is 1. The number of amides is 1. The third-order valence-corrected chi connectivity index (χ3v) is 6.20. The van der Waals surface area contributed by atoms with Crippen molar-refractivity contribution in [1.82, 2.24) is 9.89 Å². The van der Waals surface area contributed by atoms with Crippen LogP contribution in [0.3, 0.4) is 0 Å². The Hall–Kier alpha value is -2.92. The molecule has 11 heteroatoms. The van der Waals surface area contributed by atoms with Crippen LogP contribution in [0.1, 0.15) is 10.5 Å². The molecule has 136 valence electrons. The number of nitrogens with one attached hydrogen (secondary N) is 1. The van der Waals surface area contributed by atoms with Crippen LogP contribution in [0.5, 0.6) is 0 Å². The van der Waals surface area contributed by atoms with E-state index in [-0.39, 0.29) is 10.6 Å². The fourth-order valence-corrected chi connectivity index (χ4v) is 5.06. The van der Waals surface area contributed by atoms with Crippen molar-refractivity contribution in [3.63, 3.8) is 0 Å². The number of para-hydroxylation sites is 1. The first-order valence-corrected chi connectivity index (χ1v) is 10.6. The van der Waals surface area contributed by atoms with E-state index in [1.54, 1.807) is 24.3 Å². The van der Waals surface area contributed by atoms with Gasteiger partial charge in [0.05, 0.1) is 10.4 Å². The zero-order valence-corrected chi connectivity index (χ0v) is 15.1. The van der Waals surface area contributed by atoms with Crippen LogP contribution in [0.25, 0.3) is 10.9 Å². The molecule has 0 bridgehead atoms. The van der Waals surface area contributed by atoms with E-state index in [1.807, 2.05) is 0 Å². The maximum absolute atomic E-state index is 12.7. The van der Waals surface area contributed by atoms with Gasteiger partial charge in [-0.3, -0.25) is 4.79 Å². The van der Waals surface area contributed by atoms with E-state index in [0.717, 1.165) is 11.0 Å². The lowest BCUT2D eigenvalue weighted by Crippen LogP contribution is -2.26. The van der Waals surface area contributed by atoms with Crippen molar-refractivity contribution < 1.29 is 21.6 Å². The van der Waals surface area contributed by atoms with Crippen LogP contribution >= 0.6 is 0 Å². The Morgan fingerprint density at radius 1 is 1.00 bits per heavy atom. The topological polar surface area (TPSA) is 141 Å². The molecule has 0 unspecified atom stereocenters. The van der Waals surface area contributed by atoms with Crippen molar-refractivity contribution in [2.24, 2.45) is 5.73 Å². The number of sulfone groups is 1. The average Bonchev–Trinajstić information content (AvgIpc) is 2.93. The van der Waals surface area contributed by atoms with E-state index in [4.69, 9.17) is 5.73 Å². The molecule has 1 aromatic heterocycles. The Labute approximate surface area is 149 Å². The number of primary amides is 1. The summed E-state index contributed by atoms with van der Waals surface area (Å²) in [5.41, 5.74) is 5.46. The zero-order valence-electron chi connectivity index (χ0n) is 13.4. The SMILES string of the molecule is CS(=O)(=O)c1ccccc1S(=O)(=O)Nn1nc(C(N)=O)c2ccccc21. The van der Waals surface area contributed by atoms with Gasteiger partial charge >= 0.3 is 0 Å². The molecule has 0 fully saturated rings. The summed E-state index contributed by atoms with van der Waals surface area (Å²) < 4.78 is 49.2. The van der Waals surface area contributed by atoms with Crippen molar-refractivity contribution in [3.05, 3.63) is 54.2 Å². The van der Waals surface area contributed by atoms with Gasteiger partial charge in [0.15, 0.2) is 15.5 Å². The first-order chi connectivity index (χ1) is 12.1. The van der Waals surface area contributed by atoms with Crippen LogP contribution in [-0.2, 0) is 19.9 Å². The summed E-state index contributed by atoms with van der Waals surface area (Å²) in [5, 5.41) is 4.25. The van der Waals surface area contributed by atoms with Crippen LogP contribution in [0.4, 0.5) is 0 Å². The summed E-state index contributed by atoms with van der Waals surface area (Å²) in [6.45, 7) is 0. The highest BCUT2D eigenvalue weighted by Gasteiger charge is 2.25. The van der Waals surface area contributed by atoms with Gasteiger partial charge in [0.25, 0.3) is 15.9 Å². The summed E-state index contributed by atoms with van der Waals surface area (Å²) in [7, 11) is -8.09. The third kappa shape index (κ3) is 3.13. The normalized spacial score (nSPS) is 12.2. The first-order valence-electron chi connectivity index (χ1n) is 7.21. The molecule has 3 rings (SSSR count). The van der Waals surface area contributed by atoms with Gasteiger partial charge in [0.2, 0.25) is 0 Å². The van der Waals surface area contributed by atoms with Crippen molar-refractivity contribution in [3.8, 4) is 0 Å². The summed E-state index contributed by atoms with van der Waals surface area (Å²) in [5.74, 6) is -0.823. The second-order valence-electron chi connectivity index (χ2n) is 5.46. The Balaban J connectivity index is 2.16. The lowest BCUT2D eigenvalue weighted by atomic mass is 10.2. The molecule has 1 heterocycles. The molecule has 26 heavy (non-hydrogen) atoms. The van der Waals surface area contributed by atoms with E-state index in [9.17, 15) is 21.6 Å². The number of hydrogen-bond acceptors (Lipinski definition) is 6. The summed E-state index contributed by atoms with van der Waals surface area (Å²) >= 11 is 0. The van der Waals surface area contributed by atoms with Gasteiger partial charge < -0.3 is 5.73 Å². The number of benzene rings is 2. The predicted octanol–water partition coefficient (Wildman–Crippen LogP) is 0.471. The summed E-state index contributed by atoms with van der Waals surface area (Å²) in [6.07, 6.45) is 0.913. The first kappa shape index (κ1) is 17.9. The number of carbonyl (C=O) groups is 1. The van der Waals surface area contributed by atoms with Gasteiger partial charge in [-0.15, -0.1) is 5.10 Å². The lowest BCUT2D eigenvalue weighted by molar-refractivity contribution is 0.0996. The van der Waals surface area contributed by atoms with E-state index < -0.39 is 30.7 Å². The number of aromatic nitrogens is 2. The molecule has 1 amide bonds. The molecule has 3 aromatic rings. The van der Waals surface area contributed by atoms with Gasteiger partial charge in [-0.25, -0.2) is 8.42 Å². The van der Waals surface area contributed by atoms with Gasteiger partial charge in [0, 0.05) is 11.6 Å². The molecular weight excluding hydrogens is 380 g/mol. The third-order valence-electron chi connectivity index (χ3n) is 3.57. The van der Waals surface area contributed by atoms with Crippen LogP contribution in [0.15, 0.2) is 58.3 Å². The number of fused-ring (bicyclic) bond motifs is 1. The summed E-state index contributed by atoms with van der Waals surface area (Å²) in [6, 6.07) is 11.6. The molecule has 0 saturated heterocycles. The molecule has 0 spiro atoms. The van der Waals surface area contributed by atoms with Crippen molar-refractivity contribution >= 4 is 36.7 Å². The van der Waals surface area contributed by atoms with Crippen LogP contribution in [0, 0.1) is 0 Å². The van der Waals surface area contributed by atoms with Crippen LogP contribution < -0.4 is 10.6 Å². The minimum atomic E-state index is -4.31. The number of nitrogens with zero attached hydrogens (tertiary/aromatic N) is 2. The quantitative estimate of drug-likeness (QED) is 0.644. The molecule has 0 saturated carbocycles. The van der Waals surface area contributed by atoms with E-state index in [2.05, 4.69) is 9.93 Å². The van der Waals surface area contributed by atoms with Gasteiger partial charge in [-0.05, 0) is 18.2 Å². The Morgan fingerprint density at radius 2 is 1.58 bits per heavy atom.